The fraction of sp³-hybridized carbons (Fsp3) is 0.250. The van der Waals surface area contributed by atoms with E-state index in [2.05, 4.69) is 53.3 Å². The lowest BCUT2D eigenvalue weighted by molar-refractivity contribution is -0.115. The molecular formula is C24H27N3O. The first-order valence-electron chi connectivity index (χ1n) is 9.63. The number of anilines is 2. The number of pyridine rings is 1. The van der Waals surface area contributed by atoms with E-state index in [9.17, 15) is 4.79 Å². The minimum atomic E-state index is -0.0610. The molecule has 4 heteroatoms. The number of hydrogen-bond donors (Lipinski definition) is 1. The van der Waals surface area contributed by atoms with Crippen molar-refractivity contribution in [1.82, 2.24) is 4.98 Å². The lowest BCUT2D eigenvalue weighted by Crippen LogP contribution is -2.30. The SMILES string of the molecule is Cc1ccc(CC(=O)Nc2ccc(N(Cc3ccccc3)C(C)C)cn2)cc1. The third-order valence-electron chi connectivity index (χ3n) is 4.65. The molecule has 28 heavy (non-hydrogen) atoms. The Balaban J connectivity index is 1.64. The van der Waals surface area contributed by atoms with Gasteiger partial charge in [0.1, 0.15) is 5.82 Å². The molecule has 0 fully saturated rings. The van der Waals surface area contributed by atoms with Crippen LogP contribution in [0.2, 0.25) is 0 Å². The first-order valence-corrected chi connectivity index (χ1v) is 9.63. The minimum Gasteiger partial charge on any atom is -0.364 e. The molecule has 0 saturated heterocycles. The van der Waals surface area contributed by atoms with Gasteiger partial charge < -0.3 is 10.2 Å². The van der Waals surface area contributed by atoms with Gasteiger partial charge in [-0.1, -0.05) is 60.2 Å². The summed E-state index contributed by atoms with van der Waals surface area (Å²) in [5.41, 5.74) is 4.47. The largest absolute Gasteiger partial charge is 0.364 e. The number of nitrogens with one attached hydrogen (secondary N) is 1. The third-order valence-corrected chi connectivity index (χ3v) is 4.65. The van der Waals surface area contributed by atoms with Gasteiger partial charge in [-0.3, -0.25) is 4.79 Å². The number of carbonyl (C=O) groups excluding carboxylic acids is 1. The molecule has 0 unspecified atom stereocenters. The lowest BCUT2D eigenvalue weighted by Gasteiger charge is -2.29. The molecule has 4 nitrogen and oxygen atoms in total. The van der Waals surface area contributed by atoms with E-state index in [1.807, 2.05) is 55.6 Å². The van der Waals surface area contributed by atoms with E-state index in [-0.39, 0.29) is 5.91 Å². The van der Waals surface area contributed by atoms with E-state index in [1.165, 1.54) is 11.1 Å². The molecule has 0 saturated carbocycles. The van der Waals surface area contributed by atoms with Crippen molar-refractivity contribution in [3.05, 3.63) is 89.6 Å². The van der Waals surface area contributed by atoms with Crippen molar-refractivity contribution in [3.63, 3.8) is 0 Å². The molecule has 1 amide bonds. The van der Waals surface area contributed by atoms with Gasteiger partial charge in [0.2, 0.25) is 5.91 Å². The molecule has 3 rings (SSSR count). The lowest BCUT2D eigenvalue weighted by atomic mass is 10.1. The Morgan fingerprint density at radius 1 is 0.964 bits per heavy atom. The van der Waals surface area contributed by atoms with Crippen molar-refractivity contribution in [2.45, 2.75) is 39.8 Å². The van der Waals surface area contributed by atoms with Crippen molar-refractivity contribution in [3.8, 4) is 0 Å². The van der Waals surface area contributed by atoms with Crippen LogP contribution >= 0.6 is 0 Å². The topological polar surface area (TPSA) is 45.2 Å². The number of carbonyl (C=O) groups is 1. The average molecular weight is 374 g/mol. The highest BCUT2D eigenvalue weighted by Gasteiger charge is 2.12. The standard InChI is InChI=1S/C24H27N3O/c1-18(2)27(17-21-7-5-4-6-8-21)22-13-14-23(25-16-22)26-24(28)15-20-11-9-19(3)10-12-20/h4-14,16,18H,15,17H2,1-3H3,(H,25,26,28). The highest BCUT2D eigenvalue weighted by molar-refractivity contribution is 5.91. The molecule has 0 aliphatic heterocycles. The average Bonchev–Trinajstić information content (AvgIpc) is 2.69. The monoisotopic (exact) mass is 373 g/mol. The van der Waals surface area contributed by atoms with Crippen LogP contribution in [0.5, 0.6) is 0 Å². The number of nitrogens with zero attached hydrogens (tertiary/aromatic N) is 2. The smallest absolute Gasteiger partial charge is 0.229 e. The molecule has 0 atom stereocenters. The molecule has 0 spiro atoms. The summed E-state index contributed by atoms with van der Waals surface area (Å²) < 4.78 is 0. The van der Waals surface area contributed by atoms with E-state index >= 15 is 0 Å². The van der Waals surface area contributed by atoms with Gasteiger partial charge in [-0.2, -0.15) is 0 Å². The molecule has 0 aliphatic carbocycles. The van der Waals surface area contributed by atoms with Crippen LogP contribution in [0.25, 0.3) is 0 Å². The molecule has 0 radical (unpaired) electrons. The highest BCUT2D eigenvalue weighted by atomic mass is 16.1. The maximum absolute atomic E-state index is 12.3. The van der Waals surface area contributed by atoms with Crippen LogP contribution in [0.1, 0.15) is 30.5 Å². The van der Waals surface area contributed by atoms with Gasteiger partial charge >= 0.3 is 0 Å². The number of aromatic nitrogens is 1. The third kappa shape index (κ3) is 5.43. The summed E-state index contributed by atoms with van der Waals surface area (Å²) in [7, 11) is 0. The van der Waals surface area contributed by atoms with Gasteiger partial charge in [0, 0.05) is 12.6 Å². The predicted octanol–water partition coefficient (Wildman–Crippen LogP) is 4.99. The van der Waals surface area contributed by atoms with Crippen molar-refractivity contribution >= 4 is 17.4 Å². The normalized spacial score (nSPS) is 10.7. The summed E-state index contributed by atoms with van der Waals surface area (Å²) in [5, 5.41) is 2.88. The minimum absolute atomic E-state index is 0.0610. The Morgan fingerprint density at radius 3 is 2.29 bits per heavy atom. The molecule has 1 heterocycles. The van der Waals surface area contributed by atoms with E-state index in [1.54, 1.807) is 0 Å². The van der Waals surface area contributed by atoms with Crippen LogP contribution in [0, 0.1) is 6.92 Å². The molecule has 0 bridgehead atoms. The van der Waals surface area contributed by atoms with Crippen LogP contribution in [0.15, 0.2) is 72.9 Å². The second-order valence-electron chi connectivity index (χ2n) is 7.32. The summed E-state index contributed by atoms with van der Waals surface area (Å²) in [6, 6.07) is 22.6. The number of hydrogen-bond acceptors (Lipinski definition) is 3. The summed E-state index contributed by atoms with van der Waals surface area (Å²) >= 11 is 0. The number of rotatable bonds is 7. The Hall–Kier alpha value is -3.14. The van der Waals surface area contributed by atoms with E-state index in [0.29, 0.717) is 18.3 Å². The van der Waals surface area contributed by atoms with Crippen LogP contribution in [-0.2, 0) is 17.8 Å². The van der Waals surface area contributed by atoms with E-state index in [4.69, 9.17) is 0 Å². The van der Waals surface area contributed by atoms with Gasteiger partial charge in [0.15, 0.2) is 0 Å². The highest BCUT2D eigenvalue weighted by Crippen LogP contribution is 2.20. The Kier molecular flexibility index (Phi) is 6.43. The van der Waals surface area contributed by atoms with Crippen molar-refractivity contribution in [2.24, 2.45) is 0 Å². The van der Waals surface area contributed by atoms with Crippen LogP contribution in [-0.4, -0.2) is 16.9 Å². The molecule has 144 valence electrons. The first-order chi connectivity index (χ1) is 13.5. The molecule has 0 aliphatic rings. The van der Waals surface area contributed by atoms with Crippen LogP contribution in [0.4, 0.5) is 11.5 Å². The predicted molar refractivity (Wildman–Crippen MR) is 116 cm³/mol. The number of aryl methyl sites for hydroxylation is 1. The zero-order valence-electron chi connectivity index (χ0n) is 16.7. The summed E-state index contributed by atoms with van der Waals surface area (Å²) in [6.45, 7) is 7.19. The summed E-state index contributed by atoms with van der Waals surface area (Å²) in [6.07, 6.45) is 2.17. The van der Waals surface area contributed by atoms with Gasteiger partial charge in [-0.05, 0) is 44.0 Å². The zero-order valence-corrected chi connectivity index (χ0v) is 16.7. The quantitative estimate of drug-likeness (QED) is 0.635. The second-order valence-corrected chi connectivity index (χ2v) is 7.32. The van der Waals surface area contributed by atoms with Crippen LogP contribution in [0.3, 0.4) is 0 Å². The van der Waals surface area contributed by atoms with Gasteiger partial charge in [0.05, 0.1) is 18.3 Å². The Labute approximate surface area is 167 Å². The van der Waals surface area contributed by atoms with Crippen molar-refractivity contribution < 1.29 is 4.79 Å². The van der Waals surface area contributed by atoms with Gasteiger partial charge in [-0.15, -0.1) is 0 Å². The molecule has 3 aromatic rings. The van der Waals surface area contributed by atoms with E-state index in [0.717, 1.165) is 17.8 Å². The first kappa shape index (κ1) is 19.6. The molecule has 1 aromatic heterocycles. The zero-order chi connectivity index (χ0) is 19.9. The van der Waals surface area contributed by atoms with Crippen LogP contribution < -0.4 is 10.2 Å². The van der Waals surface area contributed by atoms with Gasteiger partial charge in [-0.25, -0.2) is 4.98 Å². The van der Waals surface area contributed by atoms with Crippen molar-refractivity contribution in [1.29, 1.82) is 0 Å². The Bertz CT molecular complexity index is 887. The van der Waals surface area contributed by atoms with Gasteiger partial charge in [0.25, 0.3) is 0 Å². The summed E-state index contributed by atoms with van der Waals surface area (Å²) in [5.74, 6) is 0.512. The maximum Gasteiger partial charge on any atom is 0.229 e. The molecule has 2 aromatic carbocycles. The maximum atomic E-state index is 12.3. The number of amides is 1. The Morgan fingerprint density at radius 2 is 1.68 bits per heavy atom. The summed E-state index contributed by atoms with van der Waals surface area (Å²) in [4.78, 5) is 19.0. The fourth-order valence-corrected chi connectivity index (χ4v) is 3.06. The number of benzene rings is 2. The molecular weight excluding hydrogens is 346 g/mol. The van der Waals surface area contributed by atoms with E-state index < -0.39 is 0 Å². The molecule has 1 N–H and O–H groups in total. The second kappa shape index (κ2) is 9.18. The fourth-order valence-electron chi connectivity index (χ4n) is 3.06. The van der Waals surface area contributed by atoms with Crippen molar-refractivity contribution in [2.75, 3.05) is 10.2 Å².